The number of hydrogen-bond acceptors (Lipinski definition) is 12. The molecule has 2 aromatic carbocycles. The summed E-state index contributed by atoms with van der Waals surface area (Å²) in [5, 5.41) is 13.0. The van der Waals surface area contributed by atoms with Gasteiger partial charge in [-0.15, -0.1) is 11.5 Å². The van der Waals surface area contributed by atoms with Crippen LogP contribution in [0.15, 0.2) is 47.5 Å². The fraction of sp³-hybridized carbons (Fsp3) is 0.395. The quantitative estimate of drug-likeness (QED) is 0.0984. The monoisotopic (exact) mass is 898 g/mol. The smallest absolute Gasteiger partial charge is 0.445 e. The van der Waals surface area contributed by atoms with E-state index < -0.39 is 66.5 Å². The average Bonchev–Trinajstić information content (AvgIpc) is 3.78. The average molecular weight is 899 g/mol. The third-order valence-electron chi connectivity index (χ3n) is 8.88. The normalized spacial score (nSPS) is 16.2. The predicted molar refractivity (Wildman–Crippen MR) is 211 cm³/mol. The van der Waals surface area contributed by atoms with E-state index >= 15 is 0 Å². The van der Waals surface area contributed by atoms with E-state index in [4.69, 9.17) is 31.6 Å². The topological polar surface area (TPSA) is 223 Å². The molecule has 6 rings (SSSR count). The van der Waals surface area contributed by atoms with Crippen LogP contribution in [0.5, 0.6) is 10.9 Å². The predicted octanol–water partition coefficient (Wildman–Crippen LogP) is 5.13. The number of nitrogens with zero attached hydrogens (tertiary/aromatic N) is 5. The Labute approximate surface area is 349 Å². The summed E-state index contributed by atoms with van der Waals surface area (Å²) < 4.78 is 85.9. The van der Waals surface area contributed by atoms with E-state index in [9.17, 15) is 50.5 Å². The number of benzene rings is 2. The van der Waals surface area contributed by atoms with Gasteiger partial charge >= 0.3 is 12.1 Å². The maximum Gasteiger partial charge on any atom is 0.445 e. The lowest BCUT2D eigenvalue weighted by atomic mass is 9.93. The lowest BCUT2D eigenvalue weighted by molar-refractivity contribution is -0.139. The fourth-order valence-electron chi connectivity index (χ4n) is 6.01. The van der Waals surface area contributed by atoms with Crippen molar-refractivity contribution in [1.29, 1.82) is 0 Å². The lowest BCUT2D eigenvalue weighted by Gasteiger charge is -2.29. The molecular formula is C38H40F5N6O10PS. The molecule has 0 radical (unpaired) electrons. The second-order valence-corrected chi connectivity index (χ2v) is 17.3. The summed E-state index contributed by atoms with van der Waals surface area (Å²) in [6, 6.07) is 6.35. The molecule has 0 saturated heterocycles. The Hall–Kier alpha value is -5.75. The summed E-state index contributed by atoms with van der Waals surface area (Å²) >= 11 is 0.210. The van der Waals surface area contributed by atoms with Crippen LogP contribution in [-0.4, -0.2) is 94.5 Å². The van der Waals surface area contributed by atoms with Gasteiger partial charge in [0.1, 0.15) is 17.6 Å². The first-order valence-corrected chi connectivity index (χ1v) is 21.3. The minimum absolute atomic E-state index is 0.0170. The van der Waals surface area contributed by atoms with Crippen LogP contribution in [0, 0.1) is 24.0 Å². The van der Waals surface area contributed by atoms with Crippen molar-refractivity contribution in [2.75, 3.05) is 47.3 Å². The Morgan fingerprint density at radius 2 is 1.67 bits per heavy atom. The first-order valence-electron chi connectivity index (χ1n) is 18.2. The molecule has 2 unspecified atom stereocenters. The molecule has 4 N–H and O–H groups in total. The zero-order valence-corrected chi connectivity index (χ0v) is 34.5. The van der Waals surface area contributed by atoms with Crippen molar-refractivity contribution in [3.05, 3.63) is 64.2 Å². The van der Waals surface area contributed by atoms with Crippen molar-refractivity contribution in [1.82, 2.24) is 10.2 Å². The Kier molecular flexibility index (Phi) is 15.9. The first kappa shape index (κ1) is 47.9. The Balaban J connectivity index is 0.000000218. The molecule has 23 heteroatoms. The number of ether oxygens (including phenoxy) is 2. The highest BCUT2D eigenvalue weighted by atomic mass is 32.1. The summed E-state index contributed by atoms with van der Waals surface area (Å²) in [5.41, 5.74) is 6.54. The molecule has 61 heavy (non-hydrogen) atoms. The van der Waals surface area contributed by atoms with Crippen LogP contribution in [0.1, 0.15) is 51.0 Å². The van der Waals surface area contributed by atoms with E-state index in [0.717, 1.165) is 23.8 Å². The van der Waals surface area contributed by atoms with E-state index in [-0.39, 0.29) is 71.3 Å². The van der Waals surface area contributed by atoms with Gasteiger partial charge in [0.05, 0.1) is 17.9 Å². The van der Waals surface area contributed by atoms with Crippen molar-refractivity contribution in [3.8, 4) is 23.3 Å². The van der Waals surface area contributed by atoms with Crippen molar-refractivity contribution in [2.24, 2.45) is 5.73 Å². The van der Waals surface area contributed by atoms with Gasteiger partial charge < -0.3 is 30.1 Å². The number of aromatic nitrogens is 2. The van der Waals surface area contributed by atoms with Crippen LogP contribution < -0.4 is 29.9 Å². The van der Waals surface area contributed by atoms with Gasteiger partial charge in [-0.05, 0) is 76.3 Å². The van der Waals surface area contributed by atoms with Gasteiger partial charge in [0.25, 0.3) is 28.8 Å². The van der Waals surface area contributed by atoms with E-state index in [0.29, 0.717) is 29.7 Å². The fourth-order valence-corrected chi connectivity index (χ4v) is 7.33. The molecule has 0 spiro atoms. The van der Waals surface area contributed by atoms with Crippen molar-refractivity contribution in [3.63, 3.8) is 0 Å². The standard InChI is InChI=1S/C19H15FN2O4.C14H13F4N3O2S.C5H12NO4P/c1-2-7-21-15-9-14(13(20)8-16(15)26-10-17(21)23)22-18(24)11-5-3-4-6-12(11)19(22)25;1-8(2)21(10-5-3-9(15)4-6-10)11(22)7-23-13-20-19-12(24-13)14(16,17)18;1-11(9,10)3-2-4(6)5(7)8/h1,8-9H,3-7,10H2;3-6,8H,7H2,1-2H3;4H,2-3,6H2,1H3,(H,7,8)(H,9,10). The van der Waals surface area contributed by atoms with Crippen LogP contribution in [0.25, 0.3) is 0 Å². The number of nitrogens with two attached hydrogens (primary N) is 1. The Bertz CT molecular complexity index is 2250. The molecule has 328 valence electrons. The highest BCUT2D eigenvalue weighted by molar-refractivity contribution is 7.57. The number of hydrogen-bond donors (Lipinski definition) is 3. The van der Waals surface area contributed by atoms with Crippen LogP contribution >= 0.6 is 18.7 Å². The highest BCUT2D eigenvalue weighted by Crippen LogP contribution is 2.42. The summed E-state index contributed by atoms with van der Waals surface area (Å²) in [7, 11) is -3.10. The van der Waals surface area contributed by atoms with Crippen molar-refractivity contribution >= 4 is 65.4 Å². The minimum atomic E-state index is -4.61. The van der Waals surface area contributed by atoms with Gasteiger partial charge in [-0.1, -0.05) is 22.4 Å². The summed E-state index contributed by atoms with van der Waals surface area (Å²) in [6.45, 7) is 3.90. The van der Waals surface area contributed by atoms with E-state index in [1.54, 1.807) is 13.8 Å². The second kappa shape index (κ2) is 20.2. The molecule has 3 aromatic rings. The molecule has 2 atom stereocenters. The van der Waals surface area contributed by atoms with Crippen molar-refractivity contribution in [2.45, 2.75) is 64.2 Å². The first-order chi connectivity index (χ1) is 28.5. The number of imide groups is 1. The highest BCUT2D eigenvalue weighted by Gasteiger charge is 2.42. The van der Waals surface area contributed by atoms with Gasteiger partial charge in [0.2, 0.25) is 5.01 Å². The number of halogens is 5. The number of aliphatic carboxylic acids is 1. The zero-order chi connectivity index (χ0) is 45.4. The number of amides is 4. The molecule has 16 nitrogen and oxygen atoms in total. The number of fused-ring (bicyclic) bond motifs is 1. The number of terminal acetylenes is 1. The molecule has 4 amide bonds. The maximum atomic E-state index is 14.7. The molecule has 2 aliphatic heterocycles. The molecule has 1 aromatic heterocycles. The number of alkyl halides is 3. The third-order valence-corrected chi connectivity index (χ3v) is 10.9. The minimum Gasteiger partial charge on any atom is -0.481 e. The second-order valence-electron chi connectivity index (χ2n) is 13.9. The Morgan fingerprint density at radius 3 is 2.18 bits per heavy atom. The largest absolute Gasteiger partial charge is 0.481 e. The van der Waals surface area contributed by atoms with E-state index in [1.165, 1.54) is 46.8 Å². The molecule has 3 aliphatic rings. The summed E-state index contributed by atoms with van der Waals surface area (Å²) in [6.07, 6.45) is 3.40. The van der Waals surface area contributed by atoms with Gasteiger partial charge in [0, 0.05) is 41.8 Å². The van der Waals surface area contributed by atoms with E-state index in [2.05, 4.69) is 16.1 Å². The number of carboxylic acids is 1. The van der Waals surface area contributed by atoms with Crippen LogP contribution in [0.2, 0.25) is 0 Å². The molecule has 3 heterocycles. The number of rotatable bonds is 11. The number of carbonyl (C=O) groups is 5. The van der Waals surface area contributed by atoms with E-state index in [1.807, 2.05) is 0 Å². The third kappa shape index (κ3) is 12.4. The molecule has 0 saturated carbocycles. The van der Waals surface area contributed by atoms with Crippen molar-refractivity contribution < 1.29 is 70.0 Å². The number of carboxylic acid groups (broad SMARTS) is 1. The SMILES string of the molecule is C#CCN1C(=O)COc2cc(F)c(N3C(=O)C4=C(CCCC4)C3=O)cc21.CC(C)N(C(=O)COc1nnc(C(F)(F)F)s1)c1ccc(F)cc1.CP(=O)(O)CCC(N)C(=O)O. The molecular weight excluding hydrogens is 858 g/mol. The molecule has 0 bridgehead atoms. The summed E-state index contributed by atoms with van der Waals surface area (Å²) in [5.74, 6) is -1.68. The summed E-state index contributed by atoms with van der Waals surface area (Å²) in [4.78, 5) is 72.1. The van der Waals surface area contributed by atoms with Crippen LogP contribution in [0.4, 0.5) is 39.0 Å². The van der Waals surface area contributed by atoms with Gasteiger partial charge in [-0.3, -0.25) is 33.4 Å². The van der Waals surface area contributed by atoms with Gasteiger partial charge in [0.15, 0.2) is 26.4 Å². The Morgan fingerprint density at radius 1 is 1.07 bits per heavy atom. The maximum absolute atomic E-state index is 14.7. The lowest BCUT2D eigenvalue weighted by Crippen LogP contribution is -2.40. The number of anilines is 3. The number of carbonyl (C=O) groups excluding carboxylic acids is 4. The van der Waals surface area contributed by atoms with Gasteiger partial charge in [-0.25, -0.2) is 13.7 Å². The van der Waals surface area contributed by atoms with Crippen LogP contribution in [-0.2, 0) is 34.7 Å². The van der Waals surface area contributed by atoms with Crippen LogP contribution in [0.3, 0.4) is 0 Å². The van der Waals surface area contributed by atoms with Gasteiger partial charge in [-0.2, -0.15) is 13.2 Å². The zero-order valence-electron chi connectivity index (χ0n) is 32.8. The molecule has 1 aliphatic carbocycles. The molecule has 0 fully saturated rings.